The minimum atomic E-state index is -2.07. The summed E-state index contributed by atoms with van der Waals surface area (Å²) < 4.78 is 87.3. The maximum absolute atomic E-state index is 13.8. The number of carbonyl (C=O) groups is 11. The first kappa shape index (κ1) is 72.2. The lowest BCUT2D eigenvalue weighted by molar-refractivity contribution is -0.374. The van der Waals surface area contributed by atoms with Crippen molar-refractivity contribution in [3.8, 4) is 0 Å². The van der Waals surface area contributed by atoms with E-state index in [0.29, 0.717) is 6.42 Å². The highest BCUT2D eigenvalue weighted by Gasteiger charge is 2.60. The molecule has 478 valence electrons. The van der Waals surface area contributed by atoms with E-state index in [0.717, 1.165) is 101 Å². The van der Waals surface area contributed by atoms with Gasteiger partial charge < -0.3 is 82.1 Å². The molecule has 3 saturated heterocycles. The molecule has 3 heterocycles. The predicted octanol–water partition coefficient (Wildman–Crippen LogP) is 3.46. The van der Waals surface area contributed by atoms with Crippen LogP contribution in [-0.4, -0.2) is 184 Å². The Morgan fingerprint density at radius 2 is 0.643 bits per heavy atom. The molecule has 28 heteroatoms. The van der Waals surface area contributed by atoms with E-state index >= 15 is 0 Å². The van der Waals surface area contributed by atoms with Crippen molar-refractivity contribution in [2.24, 2.45) is 5.73 Å². The van der Waals surface area contributed by atoms with E-state index in [1.165, 1.54) is 51.4 Å². The van der Waals surface area contributed by atoms with Gasteiger partial charge in [0.05, 0.1) is 6.04 Å². The molecule has 1 amide bonds. The van der Waals surface area contributed by atoms with Crippen LogP contribution in [0.4, 0.5) is 0 Å². The number of hydrogen-bond acceptors (Lipinski definition) is 27. The summed E-state index contributed by atoms with van der Waals surface area (Å²) in [6.45, 7) is 9.99. The zero-order valence-corrected chi connectivity index (χ0v) is 50.2. The van der Waals surface area contributed by atoms with Crippen LogP contribution in [0.15, 0.2) is 0 Å². The fourth-order valence-electron chi connectivity index (χ4n) is 9.85. The van der Waals surface area contributed by atoms with Gasteiger partial charge in [-0.2, -0.15) is 0 Å². The summed E-state index contributed by atoms with van der Waals surface area (Å²) >= 11 is 0. The second kappa shape index (κ2) is 37.4. The standard InChI is InChI=1S/C56H88N2O26/c1-12-13-14-15-16-17-18-19-20-21-22-23-24-25-26-40(57)53(69)58-54-50(77-37(9)66)47(74-34(6)63)45(41(80-54)27-70-30(2)59)83-56-52(79-39(11)68)49(76-36(8)65)46(43(82-56)29-72-32(4)61)84-55-51(78-38(10)67)48(75-35(7)64)44(73-33(5)62)42(81-55)28-71-31(3)60/h40-52,54-56H,12-29,57H2,1-11H3,(H,58,69)/t40-,41+,42+,43+,44+,45+,46+,47-,48-,49-,50+,51+,52+,54+,55+,56+/m0/s1. The molecule has 3 aliphatic rings. The topological polar surface area (TPSA) is 364 Å². The van der Waals surface area contributed by atoms with Gasteiger partial charge in [0.1, 0.15) is 50.3 Å². The van der Waals surface area contributed by atoms with Crippen LogP contribution in [0.5, 0.6) is 0 Å². The maximum Gasteiger partial charge on any atom is 0.303 e. The average molecular weight is 1210 g/mol. The molecule has 0 unspecified atom stereocenters. The van der Waals surface area contributed by atoms with Crippen molar-refractivity contribution in [1.82, 2.24) is 5.32 Å². The van der Waals surface area contributed by atoms with Gasteiger partial charge in [-0.1, -0.05) is 96.8 Å². The zero-order chi connectivity index (χ0) is 62.6. The minimum absolute atomic E-state index is 0.262. The number of hydrogen-bond donors (Lipinski definition) is 2. The highest BCUT2D eigenvalue weighted by Crippen LogP contribution is 2.38. The second-order valence-corrected chi connectivity index (χ2v) is 20.8. The van der Waals surface area contributed by atoms with Crippen molar-refractivity contribution in [2.45, 2.75) is 271 Å². The Kier molecular flexibility index (Phi) is 32.1. The SMILES string of the molecule is CCCCCCCCCCCCCCCC[C@H](N)C(=O)N[C@@H]1O[C@H](COC(C)=O)[C@@H](O[C@H]2O[C@H](COC(C)=O)[C@@H](O[C@H]3O[C@H](COC(C)=O)[C@@H](OC(C)=O)[C@H](OC(C)=O)[C@H]3OC(C)=O)[C@H](OC(C)=O)[C@H]2OC(C)=O)[C@H](OC(C)=O)[C@H]1OC(C)=O. The molecule has 3 aliphatic heterocycles. The molecular formula is C56H88N2O26. The Morgan fingerprint density at radius 1 is 0.357 bits per heavy atom. The van der Waals surface area contributed by atoms with Gasteiger partial charge in [0, 0.05) is 69.2 Å². The molecule has 84 heavy (non-hydrogen) atoms. The van der Waals surface area contributed by atoms with E-state index in [2.05, 4.69) is 12.2 Å². The Morgan fingerprint density at radius 3 is 1.00 bits per heavy atom. The van der Waals surface area contributed by atoms with Crippen molar-refractivity contribution in [2.75, 3.05) is 19.8 Å². The molecule has 0 spiro atoms. The first-order chi connectivity index (χ1) is 39.7. The molecule has 3 rings (SSSR count). The van der Waals surface area contributed by atoms with E-state index < -0.39 is 184 Å². The molecule has 0 bridgehead atoms. The molecule has 0 aliphatic carbocycles. The van der Waals surface area contributed by atoms with Crippen LogP contribution < -0.4 is 11.1 Å². The highest BCUT2D eigenvalue weighted by atomic mass is 16.8. The monoisotopic (exact) mass is 1200 g/mol. The quantitative estimate of drug-likeness (QED) is 0.0529. The lowest BCUT2D eigenvalue weighted by Gasteiger charge is -2.50. The Balaban J connectivity index is 2.07. The van der Waals surface area contributed by atoms with Crippen LogP contribution in [0, 0.1) is 0 Å². The third-order valence-electron chi connectivity index (χ3n) is 13.4. The lowest BCUT2D eigenvalue weighted by Crippen LogP contribution is -2.70. The predicted molar refractivity (Wildman–Crippen MR) is 286 cm³/mol. The van der Waals surface area contributed by atoms with Gasteiger partial charge in [0.15, 0.2) is 61.5 Å². The number of amides is 1. The van der Waals surface area contributed by atoms with E-state index in [1.54, 1.807) is 0 Å². The van der Waals surface area contributed by atoms with Gasteiger partial charge in [0.2, 0.25) is 5.91 Å². The van der Waals surface area contributed by atoms with E-state index in [-0.39, 0.29) is 6.42 Å². The lowest BCUT2D eigenvalue weighted by atomic mass is 9.94. The molecule has 0 aromatic carbocycles. The first-order valence-corrected chi connectivity index (χ1v) is 28.7. The Hall–Kier alpha value is -6.07. The number of ether oxygens (including phenoxy) is 15. The number of nitrogens with two attached hydrogens (primary N) is 1. The van der Waals surface area contributed by atoms with Crippen LogP contribution in [0.1, 0.15) is 172 Å². The van der Waals surface area contributed by atoms with Crippen molar-refractivity contribution < 1.29 is 124 Å². The van der Waals surface area contributed by atoms with Crippen molar-refractivity contribution in [3.63, 3.8) is 0 Å². The van der Waals surface area contributed by atoms with Crippen LogP contribution >= 0.6 is 0 Å². The largest absolute Gasteiger partial charge is 0.463 e. The van der Waals surface area contributed by atoms with Crippen LogP contribution in [0.3, 0.4) is 0 Å². The van der Waals surface area contributed by atoms with Crippen molar-refractivity contribution in [3.05, 3.63) is 0 Å². The first-order valence-electron chi connectivity index (χ1n) is 28.7. The number of unbranched alkanes of at least 4 members (excludes halogenated alkanes) is 13. The molecule has 3 fully saturated rings. The fraction of sp³-hybridized carbons (Fsp3) is 0.804. The fourth-order valence-corrected chi connectivity index (χ4v) is 9.85. The average Bonchev–Trinajstić information content (AvgIpc) is 1.98. The number of carbonyl (C=O) groups excluding carboxylic acids is 11. The molecular weight excluding hydrogens is 1120 g/mol. The normalized spacial score (nSPS) is 27.7. The van der Waals surface area contributed by atoms with Gasteiger partial charge in [-0.05, 0) is 6.42 Å². The van der Waals surface area contributed by atoms with Gasteiger partial charge in [0.25, 0.3) is 0 Å². The number of esters is 10. The molecule has 0 radical (unpaired) electrons. The summed E-state index contributed by atoms with van der Waals surface area (Å²) in [6.07, 6.45) is -11.2. The summed E-state index contributed by atoms with van der Waals surface area (Å²) in [4.78, 5) is 141. The highest BCUT2D eigenvalue weighted by molar-refractivity contribution is 5.81. The molecule has 0 aromatic heterocycles. The van der Waals surface area contributed by atoms with Crippen LogP contribution in [0.2, 0.25) is 0 Å². The molecule has 0 aromatic rings. The van der Waals surface area contributed by atoms with Gasteiger partial charge >= 0.3 is 59.7 Å². The summed E-state index contributed by atoms with van der Waals surface area (Å²) in [5, 5.41) is 2.62. The van der Waals surface area contributed by atoms with Gasteiger partial charge in [-0.15, -0.1) is 0 Å². The minimum Gasteiger partial charge on any atom is -0.463 e. The molecule has 3 N–H and O–H groups in total. The van der Waals surface area contributed by atoms with E-state index in [1.807, 2.05) is 0 Å². The van der Waals surface area contributed by atoms with E-state index in [4.69, 9.17) is 76.8 Å². The Bertz CT molecular complexity index is 2180. The Labute approximate surface area is 489 Å². The number of rotatable bonds is 34. The van der Waals surface area contributed by atoms with Crippen molar-refractivity contribution >= 4 is 65.6 Å². The summed E-state index contributed by atoms with van der Waals surface area (Å²) in [6, 6.07) is -1.09. The summed E-state index contributed by atoms with van der Waals surface area (Å²) in [7, 11) is 0. The third-order valence-corrected chi connectivity index (χ3v) is 13.4. The van der Waals surface area contributed by atoms with Gasteiger partial charge in [-0.3, -0.25) is 52.7 Å². The molecule has 16 atom stereocenters. The van der Waals surface area contributed by atoms with Crippen LogP contribution in [-0.2, 0) is 124 Å². The van der Waals surface area contributed by atoms with Crippen LogP contribution in [0.25, 0.3) is 0 Å². The summed E-state index contributed by atoms with van der Waals surface area (Å²) in [5.41, 5.74) is 6.39. The van der Waals surface area contributed by atoms with E-state index in [9.17, 15) is 52.7 Å². The zero-order valence-electron chi connectivity index (χ0n) is 50.2. The van der Waals surface area contributed by atoms with Crippen molar-refractivity contribution in [1.29, 1.82) is 0 Å². The maximum atomic E-state index is 13.8. The third kappa shape index (κ3) is 25.6. The number of nitrogens with one attached hydrogen (secondary N) is 1. The summed E-state index contributed by atoms with van der Waals surface area (Å²) in [5.74, 6) is -10.4. The van der Waals surface area contributed by atoms with Gasteiger partial charge in [-0.25, -0.2) is 0 Å². The second-order valence-electron chi connectivity index (χ2n) is 20.8. The molecule has 28 nitrogen and oxygen atoms in total. The molecule has 0 saturated carbocycles. The smallest absolute Gasteiger partial charge is 0.303 e.